The van der Waals surface area contributed by atoms with E-state index in [9.17, 15) is 16.2 Å². The van der Waals surface area contributed by atoms with Crippen LogP contribution in [0.3, 0.4) is 0 Å². The van der Waals surface area contributed by atoms with Gasteiger partial charge >= 0.3 is 0 Å². The van der Waals surface area contributed by atoms with Crippen molar-refractivity contribution in [3.05, 3.63) is 350 Å². The fourth-order valence-electron chi connectivity index (χ4n) is 16.7. The monoisotopic (exact) mass is 1370 g/mol. The molecule has 7 heteroatoms. The second-order valence-electron chi connectivity index (χ2n) is 29.9. The van der Waals surface area contributed by atoms with Crippen molar-refractivity contribution in [2.24, 2.45) is 0 Å². The second kappa shape index (κ2) is 24.0. The van der Waals surface area contributed by atoms with Crippen molar-refractivity contribution in [2.45, 2.75) is 52.4 Å². The van der Waals surface area contributed by atoms with Crippen molar-refractivity contribution in [2.75, 3.05) is 9.80 Å². The highest BCUT2D eigenvalue weighted by Crippen LogP contribution is 2.51. The summed E-state index contributed by atoms with van der Waals surface area (Å²) >= 11 is 0. The maximum Gasteiger partial charge on any atom is 0.252 e. The topological polar surface area (TPSA) is 45.1 Å². The lowest BCUT2D eigenvalue weighted by Crippen LogP contribution is -2.61. The molecule has 502 valence electrons. The number of benzene rings is 15. The highest BCUT2D eigenvalue weighted by molar-refractivity contribution is 7.00. The van der Waals surface area contributed by atoms with Crippen LogP contribution in [0.4, 0.5) is 34.1 Å². The van der Waals surface area contributed by atoms with Crippen molar-refractivity contribution in [3.63, 3.8) is 0 Å². The number of para-hydroxylation sites is 3. The second-order valence-corrected chi connectivity index (χ2v) is 29.9. The number of nitriles is 1. The zero-order chi connectivity index (χ0) is 82.6. The quantitative estimate of drug-likeness (QED) is 0.135. The van der Waals surface area contributed by atoms with Gasteiger partial charge in [-0.25, -0.2) is 0 Å². The Labute approximate surface area is 636 Å². The highest BCUT2D eigenvalue weighted by atomic mass is 15.2. The van der Waals surface area contributed by atoms with Crippen LogP contribution in [0.5, 0.6) is 0 Å². The molecule has 0 saturated carbocycles. The van der Waals surface area contributed by atoms with Crippen LogP contribution in [0.1, 0.15) is 76.1 Å². The molecular formula is C99H73BN6. The lowest BCUT2D eigenvalue weighted by molar-refractivity contribution is 0.590. The van der Waals surface area contributed by atoms with Crippen LogP contribution in [0.15, 0.2) is 333 Å². The molecule has 0 aliphatic carbocycles. The number of hydrogen-bond donors (Lipinski definition) is 0. The molecule has 6 nitrogen and oxygen atoms in total. The van der Waals surface area contributed by atoms with Crippen LogP contribution in [0, 0.1) is 11.3 Å². The summed E-state index contributed by atoms with van der Waals surface area (Å²) in [5.74, 6) is 0. The Kier molecular flexibility index (Phi) is 11.4. The fourth-order valence-corrected chi connectivity index (χ4v) is 16.7. The van der Waals surface area contributed by atoms with Crippen LogP contribution < -0.4 is 26.2 Å². The van der Waals surface area contributed by atoms with Gasteiger partial charge in [-0.1, -0.05) is 260 Å². The number of hydrogen-bond acceptors (Lipinski definition) is 3. The Morgan fingerprint density at radius 2 is 0.821 bits per heavy atom. The molecule has 0 saturated heterocycles. The molecule has 0 spiro atoms. The van der Waals surface area contributed by atoms with Crippen molar-refractivity contribution < 1.29 is 17.8 Å². The molecule has 3 aromatic heterocycles. The lowest BCUT2D eigenvalue weighted by Gasteiger charge is -2.45. The average molecular weight is 1370 g/mol. The number of rotatable bonds is 9. The van der Waals surface area contributed by atoms with Gasteiger partial charge in [0.05, 0.1) is 68.2 Å². The number of fused-ring (bicyclic) bond motifs is 13. The molecule has 0 amide bonds. The Morgan fingerprint density at radius 1 is 0.311 bits per heavy atom. The van der Waals surface area contributed by atoms with Gasteiger partial charge in [0.1, 0.15) is 0 Å². The maximum atomic E-state index is 11.9. The summed E-state index contributed by atoms with van der Waals surface area (Å²) in [6.45, 7) is 12.5. The maximum absolute atomic E-state index is 11.9. The Morgan fingerprint density at radius 3 is 1.44 bits per heavy atom. The van der Waals surface area contributed by atoms with E-state index in [0.29, 0.717) is 50.5 Å². The Balaban J connectivity index is 0.983. The van der Waals surface area contributed by atoms with Gasteiger partial charge in [0.25, 0.3) is 6.71 Å². The Bertz CT molecular complexity index is 7290. The van der Waals surface area contributed by atoms with Gasteiger partial charge in [0.2, 0.25) is 0 Å². The van der Waals surface area contributed by atoms with Crippen LogP contribution in [0.2, 0.25) is 0 Å². The Hall–Kier alpha value is -13.1. The van der Waals surface area contributed by atoms with E-state index >= 15 is 0 Å². The fraction of sp³-hybridized carbons (Fsp3) is 0.0808. The average Bonchev–Trinajstić information content (AvgIpc) is 1.54. The first-order valence-corrected chi connectivity index (χ1v) is 35.8. The van der Waals surface area contributed by atoms with Gasteiger partial charge in [0.15, 0.2) is 0 Å². The third-order valence-electron chi connectivity index (χ3n) is 21.6. The van der Waals surface area contributed by atoms with E-state index in [0.717, 1.165) is 111 Å². The molecule has 0 N–H and O–H groups in total. The van der Waals surface area contributed by atoms with Gasteiger partial charge in [-0.05, 0) is 198 Å². The molecule has 18 aromatic rings. The molecule has 0 fully saturated rings. The summed E-state index contributed by atoms with van der Waals surface area (Å²) in [6, 6.07) is 83.3. The van der Waals surface area contributed by atoms with Gasteiger partial charge in [-0.15, -0.1) is 0 Å². The molecule has 5 heterocycles. The van der Waals surface area contributed by atoms with Gasteiger partial charge in [0, 0.05) is 77.8 Å². The molecule has 2 aliphatic heterocycles. The van der Waals surface area contributed by atoms with E-state index in [-0.39, 0.29) is 56.0 Å². The van der Waals surface area contributed by atoms with E-state index < -0.39 is 73.2 Å². The zero-order valence-electron chi connectivity index (χ0n) is 72.0. The minimum Gasteiger partial charge on any atom is -0.311 e. The van der Waals surface area contributed by atoms with Crippen LogP contribution >= 0.6 is 0 Å². The number of aromatic nitrogens is 3. The van der Waals surface area contributed by atoms with E-state index in [4.69, 9.17) is 6.85 Å². The third kappa shape index (κ3) is 9.93. The molecule has 2 aliphatic rings. The van der Waals surface area contributed by atoms with Crippen molar-refractivity contribution in [1.29, 1.82) is 5.26 Å². The first-order valence-electron chi connectivity index (χ1n) is 42.3. The summed E-state index contributed by atoms with van der Waals surface area (Å²) in [5.41, 5.74) is 19.2. The highest BCUT2D eigenvalue weighted by Gasteiger charge is 2.45. The minimum absolute atomic E-state index is 0.00459. The van der Waals surface area contributed by atoms with Crippen molar-refractivity contribution in [3.8, 4) is 67.6 Å². The van der Waals surface area contributed by atoms with Crippen LogP contribution in [-0.4, -0.2) is 20.4 Å². The molecule has 0 unspecified atom stereocenters. The van der Waals surface area contributed by atoms with E-state index in [1.54, 1.807) is 0 Å². The predicted molar refractivity (Wildman–Crippen MR) is 447 cm³/mol. The molecular weight excluding hydrogens is 1280 g/mol. The zero-order valence-corrected chi connectivity index (χ0v) is 59.0. The first-order chi connectivity index (χ1) is 57.2. The summed E-state index contributed by atoms with van der Waals surface area (Å²) in [6.07, 6.45) is 0. The summed E-state index contributed by atoms with van der Waals surface area (Å²) in [4.78, 5) is 4.45. The van der Waals surface area contributed by atoms with Crippen molar-refractivity contribution >= 4 is 123 Å². The lowest BCUT2D eigenvalue weighted by atomic mass is 9.33. The molecule has 0 atom stereocenters. The first kappa shape index (κ1) is 50.3. The molecule has 0 bridgehead atoms. The number of nitrogens with zero attached hydrogens (tertiary/aromatic N) is 6. The summed E-state index contributed by atoms with van der Waals surface area (Å²) < 4.78 is 128. The smallest absolute Gasteiger partial charge is 0.252 e. The third-order valence-corrected chi connectivity index (χ3v) is 21.6. The molecule has 0 radical (unpaired) electrons. The standard InChI is InChI=1S/C99H73BN6/c1-98(2,3)71-43-48-89-82(56-71)83-57-72(99(4,5)6)44-49-90(83)103(89)77-60-94-97-95(61-77)106(75-51-63(62-101)50-74(58-75)104-88-40-24-21-36-81(88)96-78(37-25-41-92(96)104)67-32-17-10-18-33-67)93-59-73(102-86-38-22-19-34-79(86)80-35-20-23-39-87(80)102)45-46-84(93)100(97)85-55-68(64-26-11-7-12-27-64)42-47-91(85)105(94)76-53-69(65-28-13-8-14-29-65)52-70(54-76)66-30-15-9-16-31-66/h7-61H,1-6H3/i7D,11D,12D,19D,20D,22D,23D,26D,27D,34D,35D,38D,39D. The number of anilines is 6. The molecule has 15 aromatic carbocycles. The molecule has 106 heavy (non-hydrogen) atoms. The van der Waals surface area contributed by atoms with Gasteiger partial charge in [-0.3, -0.25) is 0 Å². The summed E-state index contributed by atoms with van der Waals surface area (Å²) in [7, 11) is 0. The van der Waals surface area contributed by atoms with Crippen molar-refractivity contribution in [1.82, 2.24) is 13.7 Å². The largest absolute Gasteiger partial charge is 0.311 e. The van der Waals surface area contributed by atoms with Gasteiger partial charge in [-0.2, -0.15) is 5.26 Å². The predicted octanol–water partition coefficient (Wildman–Crippen LogP) is 24.2. The van der Waals surface area contributed by atoms with Crippen LogP contribution in [-0.2, 0) is 10.8 Å². The van der Waals surface area contributed by atoms with Crippen LogP contribution in [0.25, 0.3) is 127 Å². The van der Waals surface area contributed by atoms with E-state index in [2.05, 4.69) is 206 Å². The normalized spacial score (nSPS) is 14.5. The van der Waals surface area contributed by atoms with E-state index in [1.165, 1.54) is 4.57 Å². The van der Waals surface area contributed by atoms with Gasteiger partial charge < -0.3 is 23.5 Å². The SMILES string of the molecule is [2H]c1c([2H])c([2H])c(-c2ccc3c(c2)B2c4ccc(-n5c6c([2H])c([2H])c([2H])c([2H])c6c6c([2H])c([2H])c([2H])c([2H])c65)cc4N(c4cc(C#N)cc(-n5c6ccccc6c6c(-c7ccccc7)cccc65)c4)c4cc(-n5c6ccc(C(C)(C)C)cc6c6cc(C(C)(C)C)ccc65)cc(c42)N3c2cc(-c3ccccc3)cc(-c3ccccc3)c2)c([2H])c1[2H]. The molecule has 20 rings (SSSR count). The summed E-state index contributed by atoms with van der Waals surface area (Å²) in [5, 5.41) is 15.8. The minimum atomic E-state index is -0.835. The van der Waals surface area contributed by atoms with E-state index in [1.807, 2.05) is 115 Å².